The molecule has 1 amide bonds. The molecule has 0 spiro atoms. The van der Waals surface area contributed by atoms with Crippen LogP contribution in [-0.2, 0) is 22.7 Å². The fraction of sp³-hybridized carbons (Fsp3) is 0.0556. The van der Waals surface area contributed by atoms with Crippen LogP contribution in [0.25, 0.3) is 54.6 Å². The number of aromatic nitrogens is 6. The second kappa shape index (κ2) is 15.7. The van der Waals surface area contributed by atoms with E-state index >= 15 is 0 Å². The van der Waals surface area contributed by atoms with Gasteiger partial charge in [-0.25, -0.2) is 19.9 Å². The van der Waals surface area contributed by atoms with Gasteiger partial charge in [0, 0.05) is 58.7 Å². The first-order valence-electron chi connectivity index (χ1n) is 15.0. The topological polar surface area (TPSA) is 154 Å². The van der Waals surface area contributed by atoms with Crippen LogP contribution in [0.5, 0.6) is 0 Å². The largest absolute Gasteiger partial charge is 0.483 e. The lowest BCUT2D eigenvalue weighted by molar-refractivity contribution is -0.122. The summed E-state index contributed by atoms with van der Waals surface area (Å²) in [6.07, 6.45) is 8.02. The van der Waals surface area contributed by atoms with Crippen LogP contribution in [0, 0.1) is 0 Å². The minimum absolute atomic E-state index is 0.250. The molecule has 4 aromatic carbocycles. The Hall–Kier alpha value is -6.02. The van der Waals surface area contributed by atoms with Crippen LogP contribution in [-0.4, -0.2) is 47.1 Å². The first-order valence-corrected chi connectivity index (χ1v) is 16.7. The summed E-state index contributed by atoms with van der Waals surface area (Å²) < 4.78 is 4.15. The molecule has 0 bridgehead atoms. The highest BCUT2D eigenvalue weighted by Crippen LogP contribution is 2.27. The summed E-state index contributed by atoms with van der Waals surface area (Å²) in [6, 6.07) is 28.8. The highest BCUT2D eigenvalue weighted by molar-refractivity contribution is 7.13. The third-order valence-corrected chi connectivity index (χ3v) is 9.10. The van der Waals surface area contributed by atoms with E-state index in [9.17, 15) is 4.79 Å². The number of carbonyl (C=O) groups excluding carboxylic acids is 1. The van der Waals surface area contributed by atoms with Crippen LogP contribution in [0.15, 0.2) is 121 Å². The number of thiazole rings is 2. The Morgan fingerprint density at radius 1 is 0.694 bits per heavy atom. The Labute approximate surface area is 289 Å². The number of hydrogen-bond donors (Lipinski definition) is 3. The van der Waals surface area contributed by atoms with Gasteiger partial charge < -0.3 is 16.2 Å². The number of amides is 1. The zero-order chi connectivity index (χ0) is 34.0. The molecule has 0 unspecified atom stereocenters. The summed E-state index contributed by atoms with van der Waals surface area (Å²) >= 11 is 3.26. The summed E-state index contributed by atoms with van der Waals surface area (Å²) in [5.41, 5.74) is 16.1. The van der Waals surface area contributed by atoms with Crippen molar-refractivity contribution < 1.29 is 14.7 Å². The minimum atomic E-state index is -0.250. The van der Waals surface area contributed by atoms with Gasteiger partial charge in [-0.3, -0.25) is 18.7 Å². The third-order valence-electron chi connectivity index (χ3n) is 7.46. The molecule has 244 valence electrons. The molecular weight excluding hydrogens is 657 g/mol. The van der Waals surface area contributed by atoms with Crippen molar-refractivity contribution >= 4 is 57.6 Å². The Bertz CT molecular complexity index is 2300. The monoisotopic (exact) mass is 686 g/mol. The third kappa shape index (κ3) is 7.60. The van der Waals surface area contributed by atoms with Crippen molar-refractivity contribution in [3.63, 3.8) is 0 Å². The molecule has 4 N–H and O–H groups in total. The van der Waals surface area contributed by atoms with E-state index in [0.29, 0.717) is 19.5 Å². The van der Waals surface area contributed by atoms with Crippen LogP contribution < -0.4 is 11.1 Å². The second-order valence-corrected chi connectivity index (χ2v) is 12.2. The van der Waals surface area contributed by atoms with Gasteiger partial charge in [-0.1, -0.05) is 36.4 Å². The van der Waals surface area contributed by atoms with Gasteiger partial charge in [0.15, 0.2) is 0 Å². The number of fused-ring (bicyclic) bond motifs is 2. The molecule has 49 heavy (non-hydrogen) atoms. The number of imidazole rings is 2. The number of nitrogens with two attached hydrogens (primary N) is 1. The summed E-state index contributed by atoms with van der Waals surface area (Å²) in [7, 11) is 0. The van der Waals surface area contributed by atoms with E-state index in [4.69, 9.17) is 15.6 Å². The lowest BCUT2D eigenvalue weighted by Crippen LogP contribution is -2.09. The van der Waals surface area contributed by atoms with Gasteiger partial charge in [-0.15, -0.1) is 22.7 Å². The predicted octanol–water partition coefficient (Wildman–Crippen LogP) is 6.70. The maximum absolute atomic E-state index is 10.4. The van der Waals surface area contributed by atoms with Crippen molar-refractivity contribution in [1.82, 2.24) is 34.4 Å². The van der Waals surface area contributed by atoms with E-state index in [-0.39, 0.29) is 6.47 Å². The summed E-state index contributed by atoms with van der Waals surface area (Å²) in [5, 5.41) is 15.6. The van der Waals surface area contributed by atoms with E-state index in [1.807, 2.05) is 78.3 Å². The van der Waals surface area contributed by atoms with Crippen LogP contribution in [0.3, 0.4) is 0 Å². The van der Waals surface area contributed by atoms with Crippen molar-refractivity contribution in [3.05, 3.63) is 132 Å². The van der Waals surface area contributed by atoms with E-state index in [2.05, 4.69) is 76.9 Å². The molecular formula is C36H30N8O3S2. The van der Waals surface area contributed by atoms with Gasteiger partial charge in [0.1, 0.15) is 22.7 Å². The zero-order valence-corrected chi connectivity index (χ0v) is 27.6. The standard InChI is InChI=1S/C18H14N4OS.C17H14N4S.CH2O2/c23-12-19-10-13-4-5-17-16(8-13)21-11-22(17)15-3-1-2-14(9-15)18-20-6-7-24-18;18-10-12-4-5-16-15(8-12)20-11-21(16)14-3-1-2-13(9-14)17-19-6-7-22-17;2-1-3/h1-9,11-12H,10H2,(H,19,23);1-9,11H,10,18H2;1H,(H,2,3). The van der Waals surface area contributed by atoms with Gasteiger partial charge in [0.25, 0.3) is 6.47 Å². The van der Waals surface area contributed by atoms with Gasteiger partial charge in [-0.2, -0.15) is 0 Å². The van der Waals surface area contributed by atoms with Crippen molar-refractivity contribution in [2.45, 2.75) is 13.1 Å². The van der Waals surface area contributed by atoms with Crippen molar-refractivity contribution in [1.29, 1.82) is 0 Å². The molecule has 4 aromatic heterocycles. The first-order chi connectivity index (χ1) is 24.1. The highest BCUT2D eigenvalue weighted by atomic mass is 32.1. The average molecular weight is 687 g/mol. The molecule has 0 atom stereocenters. The zero-order valence-electron chi connectivity index (χ0n) is 26.0. The molecule has 0 aliphatic rings. The molecule has 4 heterocycles. The minimum Gasteiger partial charge on any atom is -0.483 e. The highest BCUT2D eigenvalue weighted by Gasteiger charge is 2.09. The number of hydrogen-bond acceptors (Lipinski definition) is 9. The Morgan fingerprint density at radius 2 is 1.20 bits per heavy atom. The van der Waals surface area contributed by atoms with Crippen LogP contribution in [0.1, 0.15) is 11.1 Å². The van der Waals surface area contributed by atoms with Crippen LogP contribution >= 0.6 is 22.7 Å². The maximum Gasteiger partial charge on any atom is 0.290 e. The number of nitrogens with zero attached hydrogens (tertiary/aromatic N) is 6. The maximum atomic E-state index is 10.4. The Balaban J connectivity index is 0.000000158. The van der Waals surface area contributed by atoms with Gasteiger partial charge in [0.05, 0.1) is 22.1 Å². The molecule has 0 aliphatic heterocycles. The molecule has 0 radical (unpaired) electrons. The number of benzene rings is 4. The predicted molar refractivity (Wildman–Crippen MR) is 194 cm³/mol. The number of carboxylic acid groups (broad SMARTS) is 1. The quantitative estimate of drug-likeness (QED) is 0.149. The normalized spacial score (nSPS) is 10.6. The summed E-state index contributed by atoms with van der Waals surface area (Å²) in [6.45, 7) is 0.786. The number of nitrogens with one attached hydrogen (secondary N) is 1. The Kier molecular flexibility index (Phi) is 10.6. The molecule has 13 heteroatoms. The van der Waals surface area contributed by atoms with E-state index in [1.54, 1.807) is 22.7 Å². The molecule has 8 rings (SSSR count). The lowest BCUT2D eigenvalue weighted by Gasteiger charge is -2.07. The van der Waals surface area contributed by atoms with E-state index in [1.165, 1.54) is 0 Å². The Morgan fingerprint density at radius 3 is 1.67 bits per heavy atom. The molecule has 0 aliphatic carbocycles. The molecule has 0 saturated heterocycles. The van der Waals surface area contributed by atoms with Crippen LogP contribution in [0.2, 0.25) is 0 Å². The fourth-order valence-electron chi connectivity index (χ4n) is 5.23. The number of carbonyl (C=O) groups is 2. The smallest absolute Gasteiger partial charge is 0.290 e. The summed E-state index contributed by atoms with van der Waals surface area (Å²) in [5.74, 6) is 0. The van der Waals surface area contributed by atoms with Crippen molar-refractivity contribution in [2.24, 2.45) is 5.73 Å². The molecule has 11 nitrogen and oxygen atoms in total. The van der Waals surface area contributed by atoms with E-state index < -0.39 is 0 Å². The molecule has 8 aromatic rings. The van der Waals surface area contributed by atoms with Gasteiger partial charge >= 0.3 is 0 Å². The second-order valence-electron chi connectivity index (χ2n) is 10.5. The van der Waals surface area contributed by atoms with Gasteiger partial charge in [0.2, 0.25) is 6.41 Å². The van der Waals surface area contributed by atoms with Crippen molar-refractivity contribution in [3.8, 4) is 32.5 Å². The van der Waals surface area contributed by atoms with E-state index in [0.717, 1.165) is 65.7 Å². The fourth-order valence-corrected chi connectivity index (χ4v) is 6.50. The SMILES string of the molecule is NCc1ccc2c(c1)ncn2-c1cccc(-c2nccs2)c1.O=CNCc1ccc2c(c1)ncn2-c1cccc(-c2nccs2)c1.O=CO. The number of rotatable bonds is 8. The average Bonchev–Trinajstić information content (AvgIpc) is 3.98. The lowest BCUT2D eigenvalue weighted by atomic mass is 10.2. The molecule has 0 saturated carbocycles. The van der Waals surface area contributed by atoms with Gasteiger partial charge in [-0.05, 0) is 59.7 Å². The van der Waals surface area contributed by atoms with Crippen molar-refractivity contribution in [2.75, 3.05) is 0 Å². The first kappa shape index (κ1) is 32.9. The molecule has 0 fully saturated rings. The van der Waals surface area contributed by atoms with Crippen LogP contribution in [0.4, 0.5) is 0 Å². The summed E-state index contributed by atoms with van der Waals surface area (Å²) in [4.78, 5) is 36.5.